The Morgan fingerprint density at radius 1 is 1.35 bits per heavy atom. The summed E-state index contributed by atoms with van der Waals surface area (Å²) in [4.78, 5) is 19.3. The molecule has 0 aliphatic carbocycles. The molecule has 2 aromatic rings. The molecule has 2 N–H and O–H groups in total. The molecule has 0 fully saturated rings. The van der Waals surface area contributed by atoms with Crippen molar-refractivity contribution in [3.8, 4) is 5.82 Å². The molecule has 0 aromatic carbocycles. The van der Waals surface area contributed by atoms with Crippen molar-refractivity contribution in [1.82, 2.24) is 19.7 Å². The highest BCUT2D eigenvalue weighted by Crippen LogP contribution is 2.22. The molecular formula is C10H10BrN5O. The normalized spacial score (nSPS) is 10.5. The number of aromatic nitrogens is 4. The minimum absolute atomic E-state index is 0.102. The number of amides is 1. The Kier molecular flexibility index (Phi) is 2.93. The van der Waals surface area contributed by atoms with Crippen molar-refractivity contribution in [2.75, 3.05) is 0 Å². The van der Waals surface area contributed by atoms with Gasteiger partial charge in [-0.15, -0.1) is 0 Å². The Hall–Kier alpha value is -1.76. The van der Waals surface area contributed by atoms with Gasteiger partial charge in [-0.1, -0.05) is 0 Å². The van der Waals surface area contributed by atoms with Crippen molar-refractivity contribution in [3.05, 3.63) is 33.9 Å². The summed E-state index contributed by atoms with van der Waals surface area (Å²) in [6.07, 6.45) is 2.91. The maximum Gasteiger partial charge on any atom is 0.271 e. The van der Waals surface area contributed by atoms with Gasteiger partial charge >= 0.3 is 0 Å². The first-order chi connectivity index (χ1) is 8.02. The number of carbonyl (C=O) groups is 1. The Morgan fingerprint density at radius 3 is 2.53 bits per heavy atom. The summed E-state index contributed by atoms with van der Waals surface area (Å²) < 4.78 is 2.42. The number of nitrogens with two attached hydrogens (primary N) is 1. The Morgan fingerprint density at radius 2 is 2.00 bits per heavy atom. The van der Waals surface area contributed by atoms with E-state index in [9.17, 15) is 4.79 Å². The molecule has 0 unspecified atom stereocenters. The van der Waals surface area contributed by atoms with Gasteiger partial charge in [-0.2, -0.15) is 5.10 Å². The van der Waals surface area contributed by atoms with Crippen molar-refractivity contribution in [2.24, 2.45) is 5.73 Å². The third kappa shape index (κ3) is 1.93. The van der Waals surface area contributed by atoms with Crippen LogP contribution in [0.15, 0.2) is 16.9 Å². The molecular weight excluding hydrogens is 286 g/mol. The topological polar surface area (TPSA) is 86.7 Å². The molecule has 0 radical (unpaired) electrons. The number of aryl methyl sites for hydroxylation is 1. The van der Waals surface area contributed by atoms with Gasteiger partial charge in [0.05, 0.1) is 15.9 Å². The maximum absolute atomic E-state index is 11.3. The van der Waals surface area contributed by atoms with Crippen LogP contribution in [0.2, 0.25) is 0 Å². The highest BCUT2D eigenvalue weighted by molar-refractivity contribution is 9.10. The van der Waals surface area contributed by atoms with Crippen molar-refractivity contribution < 1.29 is 4.79 Å². The second-order valence-electron chi connectivity index (χ2n) is 3.49. The minimum atomic E-state index is -0.628. The van der Waals surface area contributed by atoms with Gasteiger partial charge in [0.25, 0.3) is 5.91 Å². The number of halogens is 1. The van der Waals surface area contributed by atoms with Gasteiger partial charge < -0.3 is 5.73 Å². The first kappa shape index (κ1) is 11.7. The summed E-state index contributed by atoms with van der Waals surface area (Å²) in [5.41, 5.74) is 7.00. The van der Waals surface area contributed by atoms with Gasteiger partial charge in [0.15, 0.2) is 11.5 Å². The average molecular weight is 296 g/mol. The van der Waals surface area contributed by atoms with Crippen LogP contribution in [0.3, 0.4) is 0 Å². The van der Waals surface area contributed by atoms with E-state index in [4.69, 9.17) is 5.73 Å². The number of hydrogen-bond acceptors (Lipinski definition) is 4. The molecule has 0 saturated heterocycles. The largest absolute Gasteiger partial charge is 0.364 e. The van der Waals surface area contributed by atoms with E-state index in [1.807, 2.05) is 13.8 Å². The Balaban J connectivity index is 2.68. The smallest absolute Gasteiger partial charge is 0.271 e. The SMILES string of the molecule is Cc1nn(-c2nccnc2C(N)=O)c(C)c1Br. The van der Waals surface area contributed by atoms with E-state index >= 15 is 0 Å². The van der Waals surface area contributed by atoms with Gasteiger partial charge in [-0.3, -0.25) is 4.79 Å². The van der Waals surface area contributed by atoms with Gasteiger partial charge in [0.1, 0.15) is 0 Å². The molecule has 0 atom stereocenters. The van der Waals surface area contributed by atoms with E-state index in [2.05, 4.69) is 31.0 Å². The molecule has 6 nitrogen and oxygen atoms in total. The Bertz CT molecular complexity index is 592. The first-order valence-electron chi connectivity index (χ1n) is 4.85. The first-order valence-corrected chi connectivity index (χ1v) is 5.64. The third-order valence-corrected chi connectivity index (χ3v) is 3.46. The molecule has 2 aromatic heterocycles. The van der Waals surface area contributed by atoms with E-state index in [-0.39, 0.29) is 5.69 Å². The Labute approximate surface area is 106 Å². The lowest BCUT2D eigenvalue weighted by Gasteiger charge is -2.05. The standard InChI is InChI=1S/C10H10BrN5O/c1-5-7(11)6(2)16(15-5)10-8(9(12)17)13-3-4-14-10/h3-4H,1-2H3,(H2,12,17). The highest BCUT2D eigenvalue weighted by atomic mass is 79.9. The zero-order valence-electron chi connectivity index (χ0n) is 9.31. The maximum atomic E-state index is 11.3. The molecule has 0 aliphatic heterocycles. The van der Waals surface area contributed by atoms with Gasteiger partial charge in [0, 0.05) is 12.4 Å². The van der Waals surface area contributed by atoms with Crippen LogP contribution in [-0.2, 0) is 0 Å². The number of rotatable bonds is 2. The van der Waals surface area contributed by atoms with Crippen LogP contribution in [-0.4, -0.2) is 25.7 Å². The van der Waals surface area contributed by atoms with Crippen LogP contribution in [0.4, 0.5) is 0 Å². The summed E-state index contributed by atoms with van der Waals surface area (Å²) >= 11 is 3.41. The molecule has 1 amide bonds. The highest BCUT2D eigenvalue weighted by Gasteiger charge is 2.17. The van der Waals surface area contributed by atoms with Crippen LogP contribution < -0.4 is 5.73 Å². The van der Waals surface area contributed by atoms with Crippen LogP contribution in [0.5, 0.6) is 0 Å². The van der Waals surface area contributed by atoms with Gasteiger partial charge in [0.2, 0.25) is 0 Å². The van der Waals surface area contributed by atoms with E-state index in [0.717, 1.165) is 15.9 Å². The van der Waals surface area contributed by atoms with Crippen molar-refractivity contribution in [3.63, 3.8) is 0 Å². The zero-order chi connectivity index (χ0) is 12.6. The summed E-state index contributed by atoms with van der Waals surface area (Å²) in [5, 5.41) is 4.28. The number of primary amides is 1. The van der Waals surface area contributed by atoms with Crippen molar-refractivity contribution >= 4 is 21.8 Å². The molecule has 0 spiro atoms. The predicted molar refractivity (Wildman–Crippen MR) is 64.8 cm³/mol. The van der Waals surface area contributed by atoms with Crippen LogP contribution in [0.1, 0.15) is 21.9 Å². The lowest BCUT2D eigenvalue weighted by molar-refractivity contribution is 0.0995. The third-order valence-electron chi connectivity index (χ3n) is 2.32. The van der Waals surface area contributed by atoms with Crippen molar-refractivity contribution in [1.29, 1.82) is 0 Å². The fourth-order valence-corrected chi connectivity index (χ4v) is 1.74. The molecule has 88 valence electrons. The van der Waals surface area contributed by atoms with Crippen LogP contribution >= 0.6 is 15.9 Å². The molecule has 2 rings (SSSR count). The average Bonchev–Trinajstić information content (AvgIpc) is 2.57. The number of nitrogens with zero attached hydrogens (tertiary/aromatic N) is 4. The monoisotopic (exact) mass is 295 g/mol. The lowest BCUT2D eigenvalue weighted by Crippen LogP contribution is -2.18. The second-order valence-corrected chi connectivity index (χ2v) is 4.28. The zero-order valence-corrected chi connectivity index (χ0v) is 10.9. The van der Waals surface area contributed by atoms with Gasteiger partial charge in [-0.05, 0) is 29.8 Å². The molecule has 7 heteroatoms. The lowest BCUT2D eigenvalue weighted by atomic mass is 10.3. The van der Waals surface area contributed by atoms with Crippen LogP contribution in [0.25, 0.3) is 5.82 Å². The predicted octanol–water partition coefficient (Wildman–Crippen LogP) is 1.14. The fourth-order valence-electron chi connectivity index (χ4n) is 1.49. The quantitative estimate of drug-likeness (QED) is 0.900. The molecule has 0 saturated carbocycles. The summed E-state index contributed by atoms with van der Waals surface area (Å²) in [7, 11) is 0. The summed E-state index contributed by atoms with van der Waals surface area (Å²) in [5.74, 6) is -0.289. The molecule has 2 heterocycles. The minimum Gasteiger partial charge on any atom is -0.364 e. The van der Waals surface area contributed by atoms with Crippen LogP contribution in [0, 0.1) is 13.8 Å². The summed E-state index contributed by atoms with van der Waals surface area (Å²) in [6, 6.07) is 0. The fraction of sp³-hybridized carbons (Fsp3) is 0.200. The number of carbonyl (C=O) groups excluding carboxylic acids is 1. The van der Waals surface area contributed by atoms with Gasteiger partial charge in [-0.25, -0.2) is 14.6 Å². The van der Waals surface area contributed by atoms with E-state index < -0.39 is 5.91 Å². The summed E-state index contributed by atoms with van der Waals surface area (Å²) in [6.45, 7) is 3.72. The van der Waals surface area contributed by atoms with E-state index in [1.54, 1.807) is 4.68 Å². The van der Waals surface area contributed by atoms with E-state index in [1.165, 1.54) is 12.4 Å². The second kappa shape index (κ2) is 4.25. The molecule has 17 heavy (non-hydrogen) atoms. The van der Waals surface area contributed by atoms with Crippen molar-refractivity contribution in [2.45, 2.75) is 13.8 Å². The molecule has 0 aliphatic rings. The number of hydrogen-bond donors (Lipinski definition) is 1. The molecule has 0 bridgehead atoms. The van der Waals surface area contributed by atoms with E-state index in [0.29, 0.717) is 5.82 Å².